The van der Waals surface area contributed by atoms with Crippen molar-refractivity contribution in [2.75, 3.05) is 10.2 Å². The standard InChI is InChI=1S/C18H18N2O2S/c1-11-8-9-12(2)14(10-11)19-16-17(21)20(18(22)23-16)15-7-5-4-6-13(15)3/h4-10,16,19H,1-3H3. The third kappa shape index (κ3) is 2.97. The molecule has 0 saturated carbocycles. The van der Waals surface area contributed by atoms with Crippen LogP contribution >= 0.6 is 11.8 Å². The molecule has 1 aliphatic heterocycles. The highest BCUT2D eigenvalue weighted by molar-refractivity contribution is 8.16. The largest absolute Gasteiger partial charge is 0.365 e. The molecular weight excluding hydrogens is 308 g/mol. The number of nitrogens with one attached hydrogen (secondary N) is 1. The van der Waals surface area contributed by atoms with Gasteiger partial charge in [-0.2, -0.15) is 0 Å². The Morgan fingerprint density at radius 3 is 2.48 bits per heavy atom. The van der Waals surface area contributed by atoms with Crippen molar-refractivity contribution in [3.8, 4) is 0 Å². The van der Waals surface area contributed by atoms with Crippen LogP contribution in [0.15, 0.2) is 42.5 Å². The molecule has 1 fully saturated rings. The van der Waals surface area contributed by atoms with E-state index in [0.29, 0.717) is 5.69 Å². The molecule has 5 heteroatoms. The Morgan fingerprint density at radius 1 is 1.00 bits per heavy atom. The van der Waals surface area contributed by atoms with Crippen LogP contribution in [-0.4, -0.2) is 16.5 Å². The van der Waals surface area contributed by atoms with E-state index in [2.05, 4.69) is 5.32 Å². The molecule has 1 heterocycles. The lowest BCUT2D eigenvalue weighted by molar-refractivity contribution is -0.116. The van der Waals surface area contributed by atoms with Gasteiger partial charge in [-0.05, 0) is 61.4 Å². The van der Waals surface area contributed by atoms with Crippen LogP contribution in [0, 0.1) is 20.8 Å². The number of imide groups is 1. The van der Waals surface area contributed by atoms with E-state index in [0.717, 1.165) is 34.1 Å². The number of rotatable bonds is 3. The van der Waals surface area contributed by atoms with E-state index >= 15 is 0 Å². The van der Waals surface area contributed by atoms with Gasteiger partial charge < -0.3 is 5.32 Å². The molecule has 1 aliphatic rings. The predicted octanol–water partition coefficient (Wildman–Crippen LogP) is 4.25. The fourth-order valence-corrected chi connectivity index (χ4v) is 3.45. The molecule has 1 saturated heterocycles. The smallest absolute Gasteiger partial charge is 0.295 e. The first kappa shape index (κ1) is 15.6. The monoisotopic (exact) mass is 326 g/mol. The van der Waals surface area contributed by atoms with Gasteiger partial charge in [0.1, 0.15) is 0 Å². The Hall–Kier alpha value is -2.27. The van der Waals surface area contributed by atoms with Gasteiger partial charge in [0.2, 0.25) is 0 Å². The number of benzene rings is 2. The summed E-state index contributed by atoms with van der Waals surface area (Å²) in [5.74, 6) is -0.227. The minimum atomic E-state index is -0.595. The summed E-state index contributed by atoms with van der Waals surface area (Å²) in [6.07, 6.45) is 0. The Kier molecular flexibility index (Phi) is 4.13. The van der Waals surface area contributed by atoms with Crippen LogP contribution in [0.25, 0.3) is 0 Å². The predicted molar refractivity (Wildman–Crippen MR) is 95.0 cm³/mol. The van der Waals surface area contributed by atoms with Crippen molar-refractivity contribution in [2.45, 2.75) is 26.1 Å². The average molecular weight is 326 g/mol. The van der Waals surface area contributed by atoms with Crippen LogP contribution < -0.4 is 10.2 Å². The van der Waals surface area contributed by atoms with Crippen molar-refractivity contribution in [1.82, 2.24) is 0 Å². The highest BCUT2D eigenvalue weighted by Gasteiger charge is 2.41. The molecule has 23 heavy (non-hydrogen) atoms. The minimum absolute atomic E-state index is 0.227. The highest BCUT2D eigenvalue weighted by Crippen LogP contribution is 2.34. The van der Waals surface area contributed by atoms with Gasteiger partial charge in [0, 0.05) is 5.69 Å². The average Bonchev–Trinajstić information content (AvgIpc) is 2.78. The zero-order valence-corrected chi connectivity index (χ0v) is 14.1. The van der Waals surface area contributed by atoms with Crippen LogP contribution in [0.2, 0.25) is 0 Å². The maximum absolute atomic E-state index is 12.7. The first-order valence-electron chi connectivity index (χ1n) is 7.41. The Labute approximate surface area is 139 Å². The van der Waals surface area contributed by atoms with Gasteiger partial charge in [-0.1, -0.05) is 30.3 Å². The lowest BCUT2D eigenvalue weighted by Gasteiger charge is -2.17. The van der Waals surface area contributed by atoms with Gasteiger partial charge in [0.15, 0.2) is 5.37 Å². The lowest BCUT2D eigenvalue weighted by atomic mass is 10.1. The second-order valence-corrected chi connectivity index (χ2v) is 6.74. The van der Waals surface area contributed by atoms with Crippen molar-refractivity contribution < 1.29 is 9.59 Å². The number of carbonyl (C=O) groups is 2. The summed E-state index contributed by atoms with van der Waals surface area (Å²) in [4.78, 5) is 26.3. The number of para-hydroxylation sites is 1. The minimum Gasteiger partial charge on any atom is -0.365 e. The number of hydrogen-bond donors (Lipinski definition) is 1. The van der Waals surface area contributed by atoms with E-state index in [1.165, 1.54) is 4.90 Å². The number of anilines is 2. The fraction of sp³-hybridized carbons (Fsp3) is 0.222. The van der Waals surface area contributed by atoms with Gasteiger partial charge in [-0.3, -0.25) is 9.59 Å². The Balaban J connectivity index is 1.87. The number of hydrogen-bond acceptors (Lipinski definition) is 4. The quantitative estimate of drug-likeness (QED) is 0.916. The zero-order chi connectivity index (χ0) is 16.6. The van der Waals surface area contributed by atoms with Crippen LogP contribution in [0.5, 0.6) is 0 Å². The van der Waals surface area contributed by atoms with E-state index in [1.807, 2.05) is 57.2 Å². The number of aryl methyl sites for hydroxylation is 3. The van der Waals surface area contributed by atoms with Crippen molar-refractivity contribution in [1.29, 1.82) is 0 Å². The second-order valence-electron chi connectivity index (χ2n) is 5.69. The molecule has 4 nitrogen and oxygen atoms in total. The molecule has 0 radical (unpaired) electrons. The van der Waals surface area contributed by atoms with Gasteiger partial charge in [-0.25, -0.2) is 4.90 Å². The maximum atomic E-state index is 12.7. The molecular formula is C18H18N2O2S. The molecule has 0 aromatic heterocycles. The second kappa shape index (κ2) is 6.08. The molecule has 1 atom stereocenters. The normalized spacial score (nSPS) is 17.7. The molecule has 1 N–H and O–H groups in total. The van der Waals surface area contributed by atoms with Crippen molar-refractivity contribution in [3.63, 3.8) is 0 Å². The first-order chi connectivity index (χ1) is 11.0. The SMILES string of the molecule is Cc1ccc(C)c(NC2SC(=O)N(c3ccccc3C)C2=O)c1. The maximum Gasteiger partial charge on any atom is 0.295 e. The summed E-state index contributed by atoms with van der Waals surface area (Å²) in [6, 6.07) is 13.4. The number of carbonyl (C=O) groups excluding carboxylic acids is 2. The number of nitrogens with zero attached hydrogens (tertiary/aromatic N) is 1. The van der Waals surface area contributed by atoms with E-state index < -0.39 is 5.37 Å². The molecule has 0 aliphatic carbocycles. The van der Waals surface area contributed by atoms with Crippen molar-refractivity contribution in [3.05, 3.63) is 59.2 Å². The van der Waals surface area contributed by atoms with Crippen LogP contribution in [0.3, 0.4) is 0 Å². The van der Waals surface area contributed by atoms with E-state index in [4.69, 9.17) is 0 Å². The van der Waals surface area contributed by atoms with Gasteiger partial charge in [0.25, 0.3) is 11.1 Å². The van der Waals surface area contributed by atoms with E-state index in [9.17, 15) is 9.59 Å². The van der Waals surface area contributed by atoms with Gasteiger partial charge in [-0.15, -0.1) is 0 Å². The summed E-state index contributed by atoms with van der Waals surface area (Å²) in [7, 11) is 0. The molecule has 0 spiro atoms. The molecule has 2 aromatic rings. The Bertz CT molecular complexity index is 788. The van der Waals surface area contributed by atoms with Gasteiger partial charge in [0.05, 0.1) is 5.69 Å². The molecule has 1 unspecified atom stereocenters. The summed E-state index contributed by atoms with van der Waals surface area (Å²) in [5, 5.41) is 2.36. The van der Waals surface area contributed by atoms with Crippen molar-refractivity contribution in [2.24, 2.45) is 0 Å². The Morgan fingerprint density at radius 2 is 1.74 bits per heavy atom. The van der Waals surface area contributed by atoms with Crippen LogP contribution in [0.4, 0.5) is 16.2 Å². The van der Waals surface area contributed by atoms with Crippen molar-refractivity contribution >= 4 is 34.3 Å². The number of thioether (sulfide) groups is 1. The summed E-state index contributed by atoms with van der Waals surface area (Å²) >= 11 is 1.02. The van der Waals surface area contributed by atoms with Crippen LogP contribution in [0.1, 0.15) is 16.7 Å². The molecule has 0 bridgehead atoms. The van der Waals surface area contributed by atoms with E-state index in [1.54, 1.807) is 6.07 Å². The molecule has 3 rings (SSSR count). The third-order valence-corrected chi connectivity index (χ3v) is 4.82. The number of amides is 2. The molecule has 118 valence electrons. The van der Waals surface area contributed by atoms with E-state index in [-0.39, 0.29) is 11.1 Å². The fourth-order valence-electron chi connectivity index (χ4n) is 2.57. The summed E-state index contributed by atoms with van der Waals surface area (Å²) in [6.45, 7) is 5.87. The third-order valence-electron chi connectivity index (χ3n) is 3.88. The summed E-state index contributed by atoms with van der Waals surface area (Å²) < 4.78 is 0. The topological polar surface area (TPSA) is 49.4 Å². The lowest BCUT2D eigenvalue weighted by Crippen LogP contribution is -2.34. The molecule has 2 aromatic carbocycles. The molecule has 2 amide bonds. The van der Waals surface area contributed by atoms with Gasteiger partial charge >= 0.3 is 0 Å². The zero-order valence-electron chi connectivity index (χ0n) is 13.3. The van der Waals surface area contributed by atoms with Crippen LogP contribution in [-0.2, 0) is 4.79 Å². The first-order valence-corrected chi connectivity index (χ1v) is 8.29. The highest BCUT2D eigenvalue weighted by atomic mass is 32.2. The summed E-state index contributed by atoms with van der Waals surface area (Å²) in [5.41, 5.74) is 4.60.